The minimum absolute atomic E-state index is 0.137. The number of phosphoric ester groups is 1. The molecule has 0 fully saturated rings. The van der Waals surface area contributed by atoms with Gasteiger partial charge in [-0.15, -0.1) is 0 Å². The van der Waals surface area contributed by atoms with Crippen molar-refractivity contribution in [2.45, 2.75) is 231 Å². The van der Waals surface area contributed by atoms with E-state index in [4.69, 9.17) is 24.8 Å². The molecule has 0 bridgehead atoms. The number of nitrogens with two attached hydrogens (primary N) is 1. The van der Waals surface area contributed by atoms with Gasteiger partial charge in [-0.05, 0) is 51.4 Å². The number of rotatable bonds is 45. The summed E-state index contributed by atoms with van der Waals surface area (Å²) >= 11 is 0. The quantitative estimate of drug-likeness (QED) is 0.0230. The maximum atomic E-state index is 12.6. The zero-order chi connectivity index (χ0) is 44.2. The number of aliphatic carboxylic acids is 1. The molecule has 0 aromatic rings. The summed E-state index contributed by atoms with van der Waals surface area (Å²) in [5.74, 6) is -2.40. The Morgan fingerprint density at radius 1 is 0.517 bits per heavy atom. The van der Waals surface area contributed by atoms with Crippen LogP contribution in [0.5, 0.6) is 0 Å². The fraction of sp³-hybridized carbons (Fsp3) is 0.812. The third-order valence-corrected chi connectivity index (χ3v) is 11.3. The van der Waals surface area contributed by atoms with Crippen LogP contribution < -0.4 is 5.73 Å². The molecule has 3 atom stereocenters. The molecule has 11 nitrogen and oxygen atoms in total. The molecule has 0 aromatic carbocycles. The fourth-order valence-electron chi connectivity index (χ4n) is 6.60. The third-order valence-electron chi connectivity index (χ3n) is 10.4. The summed E-state index contributed by atoms with van der Waals surface area (Å²) in [5, 5.41) is 8.90. The summed E-state index contributed by atoms with van der Waals surface area (Å²) in [5.41, 5.74) is 5.34. The SMILES string of the molecule is CCCCC/C=C\C/C=C\C/C=C\CCCCCCC(=O)O[C@H](COC(=O)CCCCCCCCCCCCCCCCCCCCC)COP(=O)(O)OC[C@H](N)C(=O)O. The Hall–Kier alpha value is -2.30. The lowest BCUT2D eigenvalue weighted by atomic mass is 10.0. The molecule has 0 aliphatic rings. The van der Waals surface area contributed by atoms with Gasteiger partial charge >= 0.3 is 25.7 Å². The van der Waals surface area contributed by atoms with Gasteiger partial charge in [0.2, 0.25) is 0 Å². The topological polar surface area (TPSA) is 172 Å². The number of phosphoric acid groups is 1. The van der Waals surface area contributed by atoms with Crippen LogP contribution in [0.3, 0.4) is 0 Å². The van der Waals surface area contributed by atoms with E-state index in [1.807, 2.05) is 0 Å². The number of carbonyl (C=O) groups excluding carboxylic acids is 2. The number of carboxylic acid groups (broad SMARTS) is 1. The van der Waals surface area contributed by atoms with Gasteiger partial charge < -0.3 is 25.2 Å². The molecule has 0 spiro atoms. The second kappa shape index (κ2) is 43.4. The molecule has 0 aliphatic heterocycles. The summed E-state index contributed by atoms with van der Waals surface area (Å²) in [6.45, 7) is 2.78. The van der Waals surface area contributed by atoms with E-state index in [2.05, 4.69) is 54.8 Å². The van der Waals surface area contributed by atoms with E-state index >= 15 is 0 Å². The molecular weight excluding hydrogens is 781 g/mol. The highest BCUT2D eigenvalue weighted by Gasteiger charge is 2.28. The summed E-state index contributed by atoms with van der Waals surface area (Å²) in [4.78, 5) is 46.1. The van der Waals surface area contributed by atoms with E-state index in [-0.39, 0.29) is 19.4 Å². The smallest absolute Gasteiger partial charge is 0.472 e. The number of hydrogen-bond acceptors (Lipinski definition) is 9. The molecule has 0 saturated carbocycles. The first-order chi connectivity index (χ1) is 29.1. The Morgan fingerprint density at radius 3 is 1.35 bits per heavy atom. The summed E-state index contributed by atoms with van der Waals surface area (Å²) in [6.07, 6.45) is 47.8. The Labute approximate surface area is 365 Å². The predicted octanol–water partition coefficient (Wildman–Crippen LogP) is 13.2. The molecule has 0 aliphatic carbocycles. The molecule has 1 unspecified atom stereocenters. The summed E-state index contributed by atoms with van der Waals surface area (Å²) < 4.78 is 32.8. The van der Waals surface area contributed by atoms with Crippen molar-refractivity contribution in [2.24, 2.45) is 5.73 Å². The monoisotopic (exact) mass is 870 g/mol. The van der Waals surface area contributed by atoms with E-state index in [1.54, 1.807) is 0 Å². The van der Waals surface area contributed by atoms with Crippen LogP contribution in [0.2, 0.25) is 0 Å². The average molecular weight is 870 g/mol. The second-order valence-electron chi connectivity index (χ2n) is 16.2. The number of allylic oxidation sites excluding steroid dienone is 6. The normalized spacial score (nSPS) is 13.9. The third kappa shape index (κ3) is 42.4. The maximum Gasteiger partial charge on any atom is 0.472 e. The van der Waals surface area contributed by atoms with Crippen molar-refractivity contribution in [1.82, 2.24) is 0 Å². The van der Waals surface area contributed by atoms with Gasteiger partial charge in [-0.2, -0.15) is 0 Å². The zero-order valence-electron chi connectivity index (χ0n) is 38.1. The van der Waals surface area contributed by atoms with Crippen LogP contribution in [-0.2, 0) is 37.5 Å². The number of carboxylic acids is 1. The van der Waals surface area contributed by atoms with Crippen molar-refractivity contribution in [3.63, 3.8) is 0 Å². The van der Waals surface area contributed by atoms with E-state index < -0.39 is 51.1 Å². The van der Waals surface area contributed by atoms with Crippen molar-refractivity contribution < 1.29 is 47.5 Å². The molecule has 0 rings (SSSR count). The molecule has 0 saturated heterocycles. The van der Waals surface area contributed by atoms with Gasteiger partial charge in [0, 0.05) is 12.8 Å². The van der Waals surface area contributed by atoms with E-state index in [9.17, 15) is 23.8 Å². The maximum absolute atomic E-state index is 12.6. The van der Waals surface area contributed by atoms with Gasteiger partial charge in [0.15, 0.2) is 6.10 Å². The van der Waals surface area contributed by atoms with Crippen molar-refractivity contribution >= 4 is 25.7 Å². The van der Waals surface area contributed by atoms with Crippen LogP contribution in [0, 0.1) is 0 Å². The molecule has 350 valence electrons. The first kappa shape index (κ1) is 57.7. The van der Waals surface area contributed by atoms with Gasteiger partial charge in [0.1, 0.15) is 12.6 Å². The van der Waals surface area contributed by atoms with Crippen LogP contribution >= 0.6 is 7.82 Å². The molecular formula is C48H88NO10P. The van der Waals surface area contributed by atoms with Crippen LogP contribution in [-0.4, -0.2) is 59.9 Å². The Morgan fingerprint density at radius 2 is 0.883 bits per heavy atom. The van der Waals surface area contributed by atoms with Crippen LogP contribution in [0.1, 0.15) is 219 Å². The minimum atomic E-state index is -4.72. The number of esters is 2. The van der Waals surface area contributed by atoms with Crippen molar-refractivity contribution in [3.8, 4) is 0 Å². The van der Waals surface area contributed by atoms with Crippen LogP contribution in [0.4, 0.5) is 0 Å². The van der Waals surface area contributed by atoms with Gasteiger partial charge in [0.05, 0.1) is 13.2 Å². The highest BCUT2D eigenvalue weighted by Crippen LogP contribution is 2.43. The van der Waals surface area contributed by atoms with Crippen LogP contribution in [0.15, 0.2) is 36.5 Å². The van der Waals surface area contributed by atoms with Gasteiger partial charge in [0.25, 0.3) is 0 Å². The first-order valence-corrected chi connectivity index (χ1v) is 25.5. The molecule has 4 N–H and O–H groups in total. The summed E-state index contributed by atoms with van der Waals surface area (Å²) in [7, 11) is -4.72. The van der Waals surface area contributed by atoms with Crippen molar-refractivity contribution in [1.29, 1.82) is 0 Å². The Bertz CT molecular complexity index is 1160. The minimum Gasteiger partial charge on any atom is -0.480 e. The second-order valence-corrected chi connectivity index (χ2v) is 17.7. The van der Waals surface area contributed by atoms with Gasteiger partial charge in [-0.1, -0.05) is 192 Å². The van der Waals surface area contributed by atoms with E-state index in [0.29, 0.717) is 12.8 Å². The zero-order valence-corrected chi connectivity index (χ0v) is 38.9. The number of unbranched alkanes of at least 4 members (excludes halogenated alkanes) is 25. The van der Waals surface area contributed by atoms with E-state index in [0.717, 1.165) is 64.2 Å². The molecule has 0 heterocycles. The number of hydrogen-bond donors (Lipinski definition) is 3. The van der Waals surface area contributed by atoms with E-state index in [1.165, 1.54) is 116 Å². The predicted molar refractivity (Wildman–Crippen MR) is 245 cm³/mol. The van der Waals surface area contributed by atoms with Crippen molar-refractivity contribution in [3.05, 3.63) is 36.5 Å². The lowest BCUT2D eigenvalue weighted by Crippen LogP contribution is -2.34. The average Bonchev–Trinajstić information content (AvgIpc) is 3.22. The summed E-state index contributed by atoms with van der Waals surface area (Å²) in [6, 6.07) is -1.52. The molecule has 12 heteroatoms. The number of carbonyl (C=O) groups is 3. The fourth-order valence-corrected chi connectivity index (χ4v) is 7.38. The molecule has 60 heavy (non-hydrogen) atoms. The van der Waals surface area contributed by atoms with Gasteiger partial charge in [-0.3, -0.25) is 23.4 Å². The lowest BCUT2D eigenvalue weighted by molar-refractivity contribution is -0.161. The molecule has 0 radical (unpaired) electrons. The highest BCUT2D eigenvalue weighted by atomic mass is 31.2. The molecule has 0 aromatic heterocycles. The van der Waals surface area contributed by atoms with Crippen molar-refractivity contribution in [2.75, 3.05) is 19.8 Å². The lowest BCUT2D eigenvalue weighted by Gasteiger charge is -2.20. The molecule has 0 amide bonds. The largest absolute Gasteiger partial charge is 0.480 e. The number of ether oxygens (including phenoxy) is 2. The standard InChI is InChI=1S/C48H88NO10P/c1-3-5-7-9-11-13-15-17-19-21-22-24-25-27-29-31-33-35-37-39-46(50)56-41-44(42-57-60(54,55)58-43-45(49)48(52)53)59-47(51)40-38-36-34-32-30-28-26-23-20-18-16-14-12-10-8-6-4-2/h12,14,18,20,26,28,44-45H,3-11,13,15-17,19,21-25,27,29-43,49H2,1-2H3,(H,52,53)(H,54,55)/b14-12-,20-18-,28-26-/t44-,45+/m1/s1. The Balaban J connectivity index is 4.31. The highest BCUT2D eigenvalue weighted by molar-refractivity contribution is 7.47. The van der Waals surface area contributed by atoms with Gasteiger partial charge in [-0.25, -0.2) is 4.57 Å². The Kier molecular flexibility index (Phi) is 41.7. The first-order valence-electron chi connectivity index (χ1n) is 24.0. The van der Waals surface area contributed by atoms with Crippen LogP contribution in [0.25, 0.3) is 0 Å².